The molecular formula is C19H27N3O3. The van der Waals surface area contributed by atoms with Crippen LogP contribution in [0.25, 0.3) is 10.9 Å². The first-order valence-corrected chi connectivity index (χ1v) is 9.02. The van der Waals surface area contributed by atoms with Crippen LogP contribution in [0.1, 0.15) is 42.6 Å². The maximum Gasteiger partial charge on any atom is 0.338 e. The van der Waals surface area contributed by atoms with Gasteiger partial charge in [0.1, 0.15) is 0 Å². The molecule has 0 saturated carbocycles. The van der Waals surface area contributed by atoms with Crippen molar-refractivity contribution in [3.8, 4) is 0 Å². The lowest BCUT2D eigenvalue weighted by Crippen LogP contribution is -2.40. The lowest BCUT2D eigenvalue weighted by atomic mass is 9.96. The van der Waals surface area contributed by atoms with Crippen LogP contribution in [0.4, 0.5) is 5.69 Å². The van der Waals surface area contributed by atoms with Crippen molar-refractivity contribution in [1.82, 2.24) is 9.78 Å². The summed E-state index contributed by atoms with van der Waals surface area (Å²) >= 11 is 0. The van der Waals surface area contributed by atoms with Gasteiger partial charge in [-0.05, 0) is 37.8 Å². The Hall–Kier alpha value is -2.08. The Kier molecular flexibility index (Phi) is 5.27. The number of ether oxygens (including phenoxy) is 2. The highest BCUT2D eigenvalue weighted by Crippen LogP contribution is 2.36. The second-order valence-corrected chi connectivity index (χ2v) is 6.43. The van der Waals surface area contributed by atoms with Gasteiger partial charge in [-0.15, -0.1) is 0 Å². The molecule has 1 aromatic carbocycles. The number of benzene rings is 1. The topological polar surface area (TPSA) is 56.6 Å². The molecule has 3 rings (SSSR count). The normalized spacial score (nSPS) is 15.5. The summed E-state index contributed by atoms with van der Waals surface area (Å²) in [5, 5.41) is 5.53. The highest BCUT2D eigenvalue weighted by molar-refractivity contribution is 6.03. The molecule has 1 aliphatic heterocycles. The van der Waals surface area contributed by atoms with Gasteiger partial charge in [0.05, 0.1) is 30.1 Å². The number of aromatic nitrogens is 2. The predicted molar refractivity (Wildman–Crippen MR) is 98.3 cm³/mol. The molecule has 1 fully saturated rings. The number of rotatable bonds is 5. The lowest BCUT2D eigenvalue weighted by molar-refractivity contribution is 0.0599. The average molecular weight is 345 g/mol. The third-order valence-electron chi connectivity index (χ3n) is 5.15. The first-order valence-electron chi connectivity index (χ1n) is 9.02. The van der Waals surface area contributed by atoms with Gasteiger partial charge >= 0.3 is 5.97 Å². The molecule has 0 spiro atoms. The number of fused-ring (bicyclic) bond motifs is 1. The molecule has 25 heavy (non-hydrogen) atoms. The van der Waals surface area contributed by atoms with Gasteiger partial charge in [0.15, 0.2) is 0 Å². The van der Waals surface area contributed by atoms with Crippen LogP contribution >= 0.6 is 0 Å². The summed E-state index contributed by atoms with van der Waals surface area (Å²) in [6.07, 6.45) is 4.68. The fourth-order valence-electron chi connectivity index (χ4n) is 3.89. The number of methoxy groups -OCH3 is 1. The number of esters is 1. The van der Waals surface area contributed by atoms with Crippen molar-refractivity contribution in [3.63, 3.8) is 0 Å². The molecule has 1 aliphatic rings. The molecule has 0 unspecified atom stereocenters. The number of carbonyl (C=O) groups is 1. The van der Waals surface area contributed by atoms with E-state index < -0.39 is 0 Å². The number of carbonyl (C=O) groups excluding carboxylic acids is 1. The standard InChI is InChI=1S/C19H27N3O3/c1-5-14-15(19(23)24-4)11-17-16(12-20-21(17)3)18(14)22(6-2)13-7-9-25-10-8-13/h11-13H,5-10H2,1-4H3. The summed E-state index contributed by atoms with van der Waals surface area (Å²) in [7, 11) is 3.34. The summed E-state index contributed by atoms with van der Waals surface area (Å²) in [5.74, 6) is -0.288. The highest BCUT2D eigenvalue weighted by atomic mass is 16.5. The maximum absolute atomic E-state index is 12.4. The quantitative estimate of drug-likeness (QED) is 0.780. The summed E-state index contributed by atoms with van der Waals surface area (Å²) in [5.41, 5.74) is 3.77. The maximum atomic E-state index is 12.4. The zero-order valence-electron chi connectivity index (χ0n) is 15.5. The highest BCUT2D eigenvalue weighted by Gasteiger charge is 2.27. The summed E-state index contributed by atoms with van der Waals surface area (Å²) < 4.78 is 12.4. The van der Waals surface area contributed by atoms with Crippen LogP contribution in [0.2, 0.25) is 0 Å². The molecule has 0 atom stereocenters. The zero-order chi connectivity index (χ0) is 18.0. The fourth-order valence-corrected chi connectivity index (χ4v) is 3.89. The van der Waals surface area contributed by atoms with Gasteiger partial charge in [0.2, 0.25) is 0 Å². The van der Waals surface area contributed by atoms with Crippen molar-refractivity contribution in [2.75, 3.05) is 31.8 Å². The molecule has 2 aromatic rings. The van der Waals surface area contributed by atoms with Crippen LogP contribution in [0.15, 0.2) is 12.3 Å². The van der Waals surface area contributed by atoms with Gasteiger partial charge in [0.25, 0.3) is 0 Å². The molecule has 136 valence electrons. The first-order chi connectivity index (χ1) is 12.1. The van der Waals surface area contributed by atoms with E-state index in [0.717, 1.165) is 61.2 Å². The van der Waals surface area contributed by atoms with Crippen LogP contribution < -0.4 is 4.90 Å². The molecular weight excluding hydrogens is 318 g/mol. The van der Waals surface area contributed by atoms with Gasteiger partial charge in [-0.2, -0.15) is 5.10 Å². The van der Waals surface area contributed by atoms with Crippen LogP contribution in [0.5, 0.6) is 0 Å². The monoisotopic (exact) mass is 345 g/mol. The Bertz CT molecular complexity index is 763. The SMILES string of the molecule is CCc1c(C(=O)OC)cc2c(cnn2C)c1N(CC)C1CCOCC1. The minimum absolute atomic E-state index is 0.288. The van der Waals surface area contributed by atoms with E-state index in [-0.39, 0.29) is 5.97 Å². The van der Waals surface area contributed by atoms with E-state index in [9.17, 15) is 4.79 Å². The van der Waals surface area contributed by atoms with E-state index >= 15 is 0 Å². The van der Waals surface area contributed by atoms with Gasteiger partial charge in [-0.1, -0.05) is 6.92 Å². The molecule has 6 heteroatoms. The molecule has 0 amide bonds. The van der Waals surface area contributed by atoms with Crippen molar-refractivity contribution in [3.05, 3.63) is 23.4 Å². The Labute approximate surface area is 148 Å². The smallest absolute Gasteiger partial charge is 0.338 e. The fraction of sp³-hybridized carbons (Fsp3) is 0.579. The van der Waals surface area contributed by atoms with E-state index in [1.807, 2.05) is 24.0 Å². The Morgan fingerprint density at radius 2 is 2.12 bits per heavy atom. The second kappa shape index (κ2) is 7.44. The Balaban J connectivity index is 2.24. The van der Waals surface area contributed by atoms with Crippen molar-refractivity contribution >= 4 is 22.6 Å². The first kappa shape index (κ1) is 17.7. The van der Waals surface area contributed by atoms with Crippen LogP contribution in [-0.4, -0.2) is 48.7 Å². The Morgan fingerprint density at radius 1 is 1.40 bits per heavy atom. The summed E-state index contributed by atoms with van der Waals surface area (Å²) in [6, 6.07) is 2.33. The average Bonchev–Trinajstić information content (AvgIpc) is 3.02. The van der Waals surface area contributed by atoms with Crippen molar-refractivity contribution in [1.29, 1.82) is 0 Å². The van der Waals surface area contributed by atoms with Gasteiger partial charge in [-0.25, -0.2) is 4.79 Å². The van der Waals surface area contributed by atoms with Gasteiger partial charge in [0, 0.05) is 38.2 Å². The van der Waals surface area contributed by atoms with Gasteiger partial charge in [-0.3, -0.25) is 4.68 Å². The van der Waals surface area contributed by atoms with Crippen molar-refractivity contribution in [2.45, 2.75) is 39.2 Å². The minimum Gasteiger partial charge on any atom is -0.465 e. The minimum atomic E-state index is -0.288. The van der Waals surface area contributed by atoms with E-state index in [4.69, 9.17) is 9.47 Å². The molecule has 1 saturated heterocycles. The number of aryl methyl sites for hydroxylation is 1. The predicted octanol–water partition coefficient (Wildman–Crippen LogP) is 2.93. The lowest BCUT2D eigenvalue weighted by Gasteiger charge is -2.37. The molecule has 6 nitrogen and oxygen atoms in total. The third kappa shape index (κ3) is 3.11. The molecule has 0 bridgehead atoms. The Morgan fingerprint density at radius 3 is 2.72 bits per heavy atom. The van der Waals surface area contributed by atoms with E-state index in [0.29, 0.717) is 11.6 Å². The number of nitrogens with zero attached hydrogens (tertiary/aromatic N) is 3. The largest absolute Gasteiger partial charge is 0.465 e. The van der Waals surface area contributed by atoms with Crippen LogP contribution in [0.3, 0.4) is 0 Å². The number of hydrogen-bond acceptors (Lipinski definition) is 5. The molecule has 0 N–H and O–H groups in total. The number of anilines is 1. The number of hydrogen-bond donors (Lipinski definition) is 0. The van der Waals surface area contributed by atoms with Gasteiger partial charge < -0.3 is 14.4 Å². The van der Waals surface area contributed by atoms with Crippen LogP contribution in [-0.2, 0) is 22.9 Å². The van der Waals surface area contributed by atoms with E-state index in [1.165, 1.54) is 7.11 Å². The second-order valence-electron chi connectivity index (χ2n) is 6.43. The van der Waals surface area contributed by atoms with Crippen LogP contribution in [0, 0.1) is 0 Å². The molecule has 2 heterocycles. The van der Waals surface area contributed by atoms with E-state index in [1.54, 1.807) is 0 Å². The zero-order valence-corrected chi connectivity index (χ0v) is 15.5. The molecule has 0 radical (unpaired) electrons. The summed E-state index contributed by atoms with van der Waals surface area (Å²) in [6.45, 7) is 6.71. The molecule has 1 aromatic heterocycles. The van der Waals surface area contributed by atoms with E-state index in [2.05, 4.69) is 23.8 Å². The third-order valence-corrected chi connectivity index (χ3v) is 5.15. The van der Waals surface area contributed by atoms with Crippen molar-refractivity contribution < 1.29 is 14.3 Å². The molecule has 0 aliphatic carbocycles. The summed E-state index contributed by atoms with van der Waals surface area (Å²) in [4.78, 5) is 14.8. The van der Waals surface area contributed by atoms with Crippen molar-refractivity contribution in [2.24, 2.45) is 7.05 Å².